The molecule has 0 bridgehead atoms. The maximum absolute atomic E-state index is 13.0. The Kier molecular flexibility index (Phi) is 5.61. The molecule has 1 aliphatic rings. The normalized spacial score (nSPS) is 16.2. The first-order valence-electron chi connectivity index (χ1n) is 9.41. The van der Waals surface area contributed by atoms with Crippen LogP contribution in [0.1, 0.15) is 18.1 Å². The molecule has 0 amide bonds. The van der Waals surface area contributed by atoms with Gasteiger partial charge in [-0.1, -0.05) is 0 Å². The zero-order valence-corrected chi connectivity index (χ0v) is 16.3. The van der Waals surface area contributed by atoms with Crippen LogP contribution in [0.3, 0.4) is 0 Å². The molecule has 1 aliphatic heterocycles. The number of piperazine rings is 1. The Morgan fingerprint density at radius 1 is 1.10 bits per heavy atom. The number of nitriles is 1. The second kappa shape index (κ2) is 8.65. The molecule has 4 heterocycles. The van der Waals surface area contributed by atoms with Crippen LogP contribution >= 0.6 is 0 Å². The summed E-state index contributed by atoms with van der Waals surface area (Å²) in [6.45, 7) is 4.34. The highest BCUT2D eigenvalue weighted by Gasteiger charge is 2.27. The van der Waals surface area contributed by atoms with Gasteiger partial charge in [0.2, 0.25) is 11.9 Å². The van der Waals surface area contributed by atoms with Crippen LogP contribution in [0.5, 0.6) is 5.75 Å². The van der Waals surface area contributed by atoms with Gasteiger partial charge < -0.3 is 14.5 Å². The summed E-state index contributed by atoms with van der Waals surface area (Å²) in [5.74, 6) is 1.19. The van der Waals surface area contributed by atoms with Gasteiger partial charge in [0, 0.05) is 43.6 Å². The molecule has 152 valence electrons. The number of halogens is 1. The SMILES string of the molecule is C[C@@H]1CN(c2ncc(F)cn2)CCN1c1ncc(OCc2ccncc2C#N)cn1. The van der Waals surface area contributed by atoms with E-state index in [1.54, 1.807) is 24.7 Å². The first kappa shape index (κ1) is 19.4. The lowest BCUT2D eigenvalue weighted by molar-refractivity contribution is 0.303. The van der Waals surface area contributed by atoms with Crippen LogP contribution in [0, 0.1) is 17.1 Å². The van der Waals surface area contributed by atoms with Crippen molar-refractivity contribution in [2.24, 2.45) is 0 Å². The summed E-state index contributed by atoms with van der Waals surface area (Å²) < 4.78 is 18.8. The zero-order valence-electron chi connectivity index (χ0n) is 16.3. The Hall–Kier alpha value is -3.87. The number of hydrogen-bond donors (Lipinski definition) is 0. The number of anilines is 2. The average Bonchev–Trinajstić information content (AvgIpc) is 2.79. The summed E-state index contributed by atoms with van der Waals surface area (Å²) in [6, 6.07) is 3.96. The number of rotatable bonds is 5. The summed E-state index contributed by atoms with van der Waals surface area (Å²) >= 11 is 0. The third-order valence-electron chi connectivity index (χ3n) is 4.81. The molecule has 4 rings (SSSR count). The number of hydrogen-bond acceptors (Lipinski definition) is 9. The third-order valence-corrected chi connectivity index (χ3v) is 4.81. The highest BCUT2D eigenvalue weighted by atomic mass is 19.1. The van der Waals surface area contributed by atoms with E-state index in [4.69, 9.17) is 10.00 Å². The summed E-state index contributed by atoms with van der Waals surface area (Å²) in [5, 5.41) is 9.12. The molecule has 0 saturated carbocycles. The smallest absolute Gasteiger partial charge is 0.225 e. The predicted octanol–water partition coefficient (Wildman–Crippen LogP) is 1.97. The number of pyridine rings is 1. The van der Waals surface area contributed by atoms with Gasteiger partial charge in [-0.3, -0.25) is 4.98 Å². The lowest BCUT2D eigenvalue weighted by atomic mass is 10.2. The average molecular weight is 406 g/mol. The molecular formula is C20H19FN8O. The molecule has 0 spiro atoms. The second-order valence-electron chi connectivity index (χ2n) is 6.84. The Labute approximate surface area is 172 Å². The van der Waals surface area contributed by atoms with Crippen molar-refractivity contribution < 1.29 is 9.13 Å². The van der Waals surface area contributed by atoms with Gasteiger partial charge in [0.25, 0.3) is 0 Å². The van der Waals surface area contributed by atoms with Gasteiger partial charge in [-0.05, 0) is 13.0 Å². The lowest BCUT2D eigenvalue weighted by Gasteiger charge is -2.39. The minimum absolute atomic E-state index is 0.120. The minimum Gasteiger partial charge on any atom is -0.486 e. The molecule has 3 aromatic rings. The molecule has 1 saturated heterocycles. The number of ether oxygens (including phenoxy) is 1. The van der Waals surface area contributed by atoms with E-state index in [-0.39, 0.29) is 12.6 Å². The first-order chi connectivity index (χ1) is 14.6. The van der Waals surface area contributed by atoms with Crippen LogP contribution in [0.15, 0.2) is 43.2 Å². The standard InChI is InChI=1S/C20H19FN8O/c1-14-12-28(19-24-8-17(21)9-25-19)4-5-29(14)20-26-10-18(11-27-20)30-13-15-2-3-23-7-16(15)6-22/h2-3,7-11,14H,4-5,12-13H2,1H3/t14-/m1/s1. The molecule has 0 aromatic carbocycles. The lowest BCUT2D eigenvalue weighted by Crippen LogP contribution is -2.53. The summed E-state index contributed by atoms with van der Waals surface area (Å²) in [4.78, 5) is 25.0. The fraction of sp³-hybridized carbons (Fsp3) is 0.300. The van der Waals surface area contributed by atoms with Gasteiger partial charge in [-0.15, -0.1) is 0 Å². The topological polar surface area (TPSA) is 104 Å². The van der Waals surface area contributed by atoms with E-state index in [1.165, 1.54) is 18.6 Å². The Morgan fingerprint density at radius 2 is 1.83 bits per heavy atom. The molecule has 3 aromatic heterocycles. The fourth-order valence-corrected chi connectivity index (χ4v) is 3.25. The van der Waals surface area contributed by atoms with E-state index in [0.717, 1.165) is 5.56 Å². The van der Waals surface area contributed by atoms with Crippen molar-refractivity contribution in [2.45, 2.75) is 19.6 Å². The van der Waals surface area contributed by atoms with E-state index >= 15 is 0 Å². The van der Waals surface area contributed by atoms with Crippen molar-refractivity contribution in [3.63, 3.8) is 0 Å². The van der Waals surface area contributed by atoms with Crippen LogP contribution in [-0.2, 0) is 6.61 Å². The van der Waals surface area contributed by atoms with Crippen molar-refractivity contribution in [3.05, 3.63) is 60.2 Å². The predicted molar refractivity (Wildman–Crippen MR) is 106 cm³/mol. The van der Waals surface area contributed by atoms with E-state index < -0.39 is 5.82 Å². The van der Waals surface area contributed by atoms with Crippen molar-refractivity contribution in [3.8, 4) is 11.8 Å². The van der Waals surface area contributed by atoms with Crippen molar-refractivity contribution in [2.75, 3.05) is 29.4 Å². The molecule has 1 fully saturated rings. The van der Waals surface area contributed by atoms with Gasteiger partial charge >= 0.3 is 0 Å². The molecule has 0 aliphatic carbocycles. The number of nitrogens with zero attached hydrogens (tertiary/aromatic N) is 8. The highest BCUT2D eigenvalue weighted by Crippen LogP contribution is 2.21. The van der Waals surface area contributed by atoms with E-state index in [9.17, 15) is 4.39 Å². The molecule has 10 heteroatoms. The van der Waals surface area contributed by atoms with E-state index in [1.807, 2.05) is 4.90 Å². The number of aromatic nitrogens is 5. The van der Waals surface area contributed by atoms with Crippen molar-refractivity contribution in [1.82, 2.24) is 24.9 Å². The monoisotopic (exact) mass is 406 g/mol. The van der Waals surface area contributed by atoms with E-state index in [2.05, 4.69) is 42.8 Å². The van der Waals surface area contributed by atoms with Gasteiger partial charge in [0.15, 0.2) is 11.6 Å². The van der Waals surface area contributed by atoms with E-state index in [0.29, 0.717) is 42.8 Å². The van der Waals surface area contributed by atoms with Crippen LogP contribution in [0.25, 0.3) is 0 Å². The maximum Gasteiger partial charge on any atom is 0.225 e. The van der Waals surface area contributed by atoms with Crippen LogP contribution in [0.4, 0.5) is 16.3 Å². The van der Waals surface area contributed by atoms with Gasteiger partial charge in [0.1, 0.15) is 12.7 Å². The molecular weight excluding hydrogens is 387 g/mol. The van der Waals surface area contributed by atoms with Gasteiger partial charge in [-0.2, -0.15) is 5.26 Å². The molecule has 0 N–H and O–H groups in total. The van der Waals surface area contributed by atoms with Crippen molar-refractivity contribution in [1.29, 1.82) is 5.26 Å². The quantitative estimate of drug-likeness (QED) is 0.629. The van der Waals surface area contributed by atoms with Crippen LogP contribution in [0.2, 0.25) is 0 Å². The first-order valence-corrected chi connectivity index (χ1v) is 9.41. The zero-order chi connectivity index (χ0) is 20.9. The third kappa shape index (κ3) is 4.25. The largest absolute Gasteiger partial charge is 0.486 e. The van der Waals surface area contributed by atoms with Gasteiger partial charge in [0.05, 0.1) is 30.4 Å². The summed E-state index contributed by atoms with van der Waals surface area (Å²) in [7, 11) is 0. The molecule has 9 nitrogen and oxygen atoms in total. The van der Waals surface area contributed by atoms with Gasteiger partial charge in [-0.25, -0.2) is 24.3 Å². The summed E-state index contributed by atoms with van der Waals surface area (Å²) in [6.07, 6.45) is 8.72. The summed E-state index contributed by atoms with van der Waals surface area (Å²) in [5.41, 5.74) is 1.23. The Bertz CT molecular complexity index is 1040. The van der Waals surface area contributed by atoms with Crippen LogP contribution < -0.4 is 14.5 Å². The Balaban J connectivity index is 1.37. The second-order valence-corrected chi connectivity index (χ2v) is 6.84. The molecule has 0 radical (unpaired) electrons. The van der Waals surface area contributed by atoms with Crippen LogP contribution in [-0.4, -0.2) is 50.6 Å². The Morgan fingerprint density at radius 3 is 2.53 bits per heavy atom. The van der Waals surface area contributed by atoms with Crippen molar-refractivity contribution >= 4 is 11.9 Å². The maximum atomic E-state index is 13.0. The molecule has 1 atom stereocenters. The minimum atomic E-state index is -0.450. The molecule has 30 heavy (non-hydrogen) atoms. The molecule has 0 unspecified atom stereocenters. The highest BCUT2D eigenvalue weighted by molar-refractivity contribution is 5.40. The fourth-order valence-electron chi connectivity index (χ4n) is 3.25.